The third-order valence-corrected chi connectivity index (χ3v) is 20.9. The summed E-state index contributed by atoms with van der Waals surface area (Å²) in [6, 6.07) is 58.1. The van der Waals surface area contributed by atoms with E-state index in [0.717, 1.165) is 61.4 Å². The maximum Gasteiger partial charge on any atom is 0.303 e. The van der Waals surface area contributed by atoms with Gasteiger partial charge < -0.3 is 59.7 Å². The van der Waals surface area contributed by atoms with Gasteiger partial charge in [0.05, 0.1) is 64.6 Å². The molecule has 558 valence electrons. The molecule has 20 nitrogen and oxygen atoms in total. The van der Waals surface area contributed by atoms with Crippen molar-refractivity contribution in [2.75, 3.05) is 78.7 Å². The van der Waals surface area contributed by atoms with Crippen LogP contribution in [0.1, 0.15) is 136 Å². The summed E-state index contributed by atoms with van der Waals surface area (Å²) in [7, 11) is 0. The smallest absolute Gasteiger partial charge is 0.303 e. The molecule has 22 heteroatoms. The second kappa shape index (κ2) is 40.5. The van der Waals surface area contributed by atoms with Gasteiger partial charge in [0.1, 0.15) is 23.8 Å². The number of carbonyl (C=O) groups is 8. The molecule has 12 rings (SSSR count). The number of carboxylic acid groups (broad SMARTS) is 6. The molecule has 104 heavy (non-hydrogen) atoms. The van der Waals surface area contributed by atoms with Crippen molar-refractivity contribution in [2.45, 2.75) is 139 Å². The Bertz CT molecular complexity index is 3330. The van der Waals surface area contributed by atoms with Crippen LogP contribution < -0.4 is 9.47 Å². The zero-order valence-corrected chi connectivity index (χ0v) is 59.2. The van der Waals surface area contributed by atoms with E-state index in [1.54, 1.807) is 0 Å². The number of benzene rings is 6. The summed E-state index contributed by atoms with van der Waals surface area (Å²) in [6.07, 6.45) is 6.68. The third-order valence-electron chi connectivity index (χ3n) is 20.9. The van der Waals surface area contributed by atoms with Crippen LogP contribution in [-0.2, 0) is 62.0 Å². The molecule has 0 bridgehead atoms. The molecule has 0 radical (unpaired) electrons. The number of carboxylic acids is 6. The van der Waals surface area contributed by atoms with Crippen molar-refractivity contribution < 1.29 is 87.3 Å². The normalized spacial score (nSPS) is 20.5. The van der Waals surface area contributed by atoms with Crippen LogP contribution in [0.4, 0.5) is 8.78 Å². The van der Waals surface area contributed by atoms with E-state index in [9.17, 15) is 38.4 Å². The van der Waals surface area contributed by atoms with Gasteiger partial charge in [0.25, 0.3) is 0 Å². The fourth-order valence-electron chi connectivity index (χ4n) is 15.8. The molecule has 6 aliphatic rings. The molecule has 6 fully saturated rings. The Morgan fingerprint density at radius 1 is 0.375 bits per heavy atom. The molecule has 4 heterocycles. The molecule has 0 unspecified atom stereocenters. The number of nitrogens with zero attached hydrogens (tertiary/aromatic N) is 4. The molecule has 4 saturated heterocycles. The van der Waals surface area contributed by atoms with Crippen molar-refractivity contribution in [3.8, 4) is 11.5 Å². The van der Waals surface area contributed by atoms with Crippen molar-refractivity contribution in [3.05, 3.63) is 203 Å². The number of halogens is 2. The predicted octanol–water partition coefficient (Wildman–Crippen LogP) is 12.4. The number of rotatable bonds is 27. The largest absolute Gasteiger partial charge is 0.493 e. The van der Waals surface area contributed by atoms with E-state index >= 15 is 8.78 Å². The van der Waals surface area contributed by atoms with Gasteiger partial charge in [-0.3, -0.25) is 38.4 Å². The quantitative estimate of drug-likeness (QED) is 0.0261. The zero-order chi connectivity index (χ0) is 74.4. The van der Waals surface area contributed by atoms with E-state index in [-0.39, 0.29) is 97.7 Å². The Hall–Kier alpha value is -9.54. The zero-order valence-electron chi connectivity index (χ0n) is 59.2. The molecule has 6 aromatic carbocycles. The first kappa shape index (κ1) is 80.2. The van der Waals surface area contributed by atoms with E-state index in [1.165, 1.54) is 74.1 Å². The number of aliphatic carboxylic acids is 6. The van der Waals surface area contributed by atoms with E-state index in [0.29, 0.717) is 52.2 Å². The lowest BCUT2D eigenvalue weighted by molar-refractivity contribution is -0.143. The highest BCUT2D eigenvalue weighted by atomic mass is 19.1. The molecule has 2 amide bonds. The Balaban J connectivity index is 0.000000200. The number of alkyl halides is 2. The summed E-state index contributed by atoms with van der Waals surface area (Å²) in [5.41, 5.74) is 6.13. The van der Waals surface area contributed by atoms with Gasteiger partial charge in [0.2, 0.25) is 11.8 Å². The number of amides is 2. The van der Waals surface area contributed by atoms with Crippen molar-refractivity contribution >= 4 is 47.6 Å². The van der Waals surface area contributed by atoms with Gasteiger partial charge in [0.15, 0.2) is 0 Å². The average molecular weight is 1440 g/mol. The van der Waals surface area contributed by atoms with Crippen LogP contribution in [0.5, 0.6) is 11.5 Å². The highest BCUT2D eigenvalue weighted by molar-refractivity contribution is 5.81. The number of hydrogen-bond donors (Lipinski definition) is 6. The topological polar surface area (TPSA) is 289 Å². The molecule has 0 spiro atoms. The van der Waals surface area contributed by atoms with Crippen molar-refractivity contribution in [2.24, 2.45) is 23.7 Å². The van der Waals surface area contributed by atoms with Crippen LogP contribution in [0.2, 0.25) is 0 Å². The standard InChI is InChI=1S/2C35H41FN2O2.3C4H6O4/c2*36-32-18-19-35(28-13-3-1-4-14-28,29-15-5-2-6-16-29)31-26-38(25-30(31)32)34(39)24-27-12-7-8-17-33(27)40-23-11-22-37-20-9-10-21-37;3*5-3(6)1-2-4(7)8/h2*1-8,12-17,30-32H,9-11,18-26H2;3*1-2H2,(H,5,6)(H,7,8)/t2*30-,31+,32+;;;/m00.../s1. The third kappa shape index (κ3) is 23.0. The average Bonchev–Trinajstić information content (AvgIpc) is 1.50. The molecular weight excluding hydrogens is 1330 g/mol. The summed E-state index contributed by atoms with van der Waals surface area (Å²) < 4.78 is 43.5. The van der Waals surface area contributed by atoms with Crippen LogP contribution >= 0.6 is 0 Å². The number of para-hydroxylation sites is 2. The molecule has 0 aromatic heterocycles. The first-order chi connectivity index (χ1) is 50.2. The Morgan fingerprint density at radius 2 is 0.644 bits per heavy atom. The minimum atomic E-state index is -1.08. The van der Waals surface area contributed by atoms with E-state index < -0.39 is 48.2 Å². The summed E-state index contributed by atoms with van der Waals surface area (Å²) >= 11 is 0. The highest BCUT2D eigenvalue weighted by Crippen LogP contribution is 2.56. The van der Waals surface area contributed by atoms with Gasteiger partial charge in [-0.15, -0.1) is 0 Å². The molecule has 2 aliphatic carbocycles. The van der Waals surface area contributed by atoms with E-state index in [4.69, 9.17) is 40.1 Å². The van der Waals surface area contributed by atoms with Crippen molar-refractivity contribution in [3.63, 3.8) is 0 Å². The summed E-state index contributed by atoms with van der Waals surface area (Å²) in [5, 5.41) is 47.4. The van der Waals surface area contributed by atoms with Gasteiger partial charge in [-0.25, -0.2) is 8.78 Å². The summed E-state index contributed by atoms with van der Waals surface area (Å²) in [4.78, 5) is 94.2. The maximum absolute atomic E-state index is 15.6. The predicted molar refractivity (Wildman–Crippen MR) is 388 cm³/mol. The minimum Gasteiger partial charge on any atom is -0.493 e. The van der Waals surface area contributed by atoms with Gasteiger partial charge in [-0.05, 0) is 137 Å². The molecular formula is C82H100F2N4O16. The SMILES string of the molecule is O=C(Cc1ccccc1OCCCN1CCCC1)N1C[C@@H]2[C@H](F)CCC(c3ccccc3)(c3ccccc3)[C@@H]2C1.O=C(Cc1ccccc1OCCCN1CCCC1)N1C[C@@H]2[C@H](F)CCC(c3ccccc3)(c3ccccc3)[C@@H]2C1.O=C(O)CCC(=O)O.O=C(O)CCC(=O)O.O=C(O)CCC(=O)O. The monoisotopic (exact) mass is 1430 g/mol. The van der Waals surface area contributed by atoms with E-state index in [2.05, 4.69) is 107 Å². The number of ether oxygens (including phenoxy) is 2. The van der Waals surface area contributed by atoms with Gasteiger partial charge in [-0.2, -0.15) is 0 Å². The number of likely N-dealkylation sites (tertiary alicyclic amines) is 4. The lowest BCUT2D eigenvalue weighted by Gasteiger charge is -2.47. The second-order valence-electron chi connectivity index (χ2n) is 27.6. The maximum atomic E-state index is 15.6. The van der Waals surface area contributed by atoms with Crippen LogP contribution in [-0.4, -0.2) is 189 Å². The van der Waals surface area contributed by atoms with Crippen molar-refractivity contribution in [1.29, 1.82) is 0 Å². The number of hydrogen-bond acceptors (Lipinski definition) is 12. The number of carbonyl (C=O) groups excluding carboxylic acids is 2. The summed E-state index contributed by atoms with van der Waals surface area (Å²) in [5.74, 6) is -5.04. The first-order valence-corrected chi connectivity index (χ1v) is 36.4. The highest BCUT2D eigenvalue weighted by Gasteiger charge is 2.57. The fraction of sp³-hybridized carbons (Fsp3) is 0.463. The Labute approximate surface area is 607 Å². The Kier molecular flexibility index (Phi) is 31.2. The minimum absolute atomic E-state index is 0.0297. The number of fused-ring (bicyclic) bond motifs is 2. The van der Waals surface area contributed by atoms with Crippen LogP contribution in [0.3, 0.4) is 0 Å². The molecule has 4 aliphatic heterocycles. The van der Waals surface area contributed by atoms with Gasteiger partial charge in [0, 0.05) is 73.1 Å². The van der Waals surface area contributed by atoms with Gasteiger partial charge in [-0.1, -0.05) is 158 Å². The molecule has 6 atom stereocenters. The summed E-state index contributed by atoms with van der Waals surface area (Å²) in [6.45, 7) is 10.3. The molecule has 6 aromatic rings. The second-order valence-corrected chi connectivity index (χ2v) is 27.6. The van der Waals surface area contributed by atoms with E-state index in [1.807, 2.05) is 82.6 Å². The van der Waals surface area contributed by atoms with Crippen molar-refractivity contribution in [1.82, 2.24) is 19.6 Å². The fourth-order valence-corrected chi connectivity index (χ4v) is 15.8. The van der Waals surface area contributed by atoms with Gasteiger partial charge >= 0.3 is 35.8 Å². The Morgan fingerprint density at radius 3 is 0.923 bits per heavy atom. The van der Waals surface area contributed by atoms with Crippen LogP contribution in [0, 0.1) is 23.7 Å². The molecule has 2 saturated carbocycles. The first-order valence-electron chi connectivity index (χ1n) is 36.4. The lowest BCUT2D eigenvalue weighted by Crippen LogP contribution is -2.47. The van der Waals surface area contributed by atoms with Crippen LogP contribution in [0.15, 0.2) is 170 Å². The lowest BCUT2D eigenvalue weighted by atomic mass is 9.56. The molecule has 6 N–H and O–H groups in total. The van der Waals surface area contributed by atoms with Crippen LogP contribution in [0.25, 0.3) is 0 Å².